The Morgan fingerprint density at radius 2 is 1.63 bits per heavy atom. The number of rotatable bonds is 20. The Morgan fingerprint density at radius 3 is 2.22 bits per heavy atom. The van der Waals surface area contributed by atoms with Crippen LogP contribution in [-0.2, 0) is 50.7 Å². The number of hydrogen-bond acceptors (Lipinski definition) is 21. The third kappa shape index (κ3) is 21.1. The normalized spacial score (nSPS) is 20.6. The van der Waals surface area contributed by atoms with Crippen LogP contribution >= 0.6 is 35.2 Å². The first-order valence-electron chi connectivity index (χ1n) is 15.2. The molecule has 3 rings (SSSR count). The molecule has 2 aromatic rings. The van der Waals surface area contributed by atoms with Gasteiger partial charge in [0.1, 0.15) is 36.3 Å². The molecule has 0 aromatic carbocycles. The maximum atomic E-state index is 12.5. The Bertz CT molecular complexity index is 1820. The number of thioether (sulfide) groups is 1. The fraction of sp³-hybridized carbons (Fsp3) is 0.600. The van der Waals surface area contributed by atoms with Crippen molar-refractivity contribution < 1.29 is 159 Å². The molecule has 1 fully saturated rings. The number of aliphatic hydroxyl groups is 2. The molecule has 28 nitrogen and oxygen atoms in total. The molecule has 2 aromatic heterocycles. The third-order valence-electron chi connectivity index (χ3n) is 7.03. The number of ether oxygens (including phenoxy) is 1. The van der Waals surface area contributed by atoms with Gasteiger partial charge in [0, 0.05) is 30.7 Å². The molecule has 1 saturated heterocycles. The van der Waals surface area contributed by atoms with Gasteiger partial charge in [0.05, 0.1) is 19.5 Å². The Morgan fingerprint density at radius 1 is 1.03 bits per heavy atom. The van der Waals surface area contributed by atoms with Crippen molar-refractivity contribution in [2.45, 2.75) is 57.8 Å². The first-order valence-corrected chi connectivity index (χ1v) is 20.6. The van der Waals surface area contributed by atoms with Gasteiger partial charge in [0.25, 0.3) is 23.5 Å². The number of allylic oxidation sites excluding steroid dienone is 1. The van der Waals surface area contributed by atoms with Crippen LogP contribution in [-0.4, -0.2) is 130 Å². The second kappa shape index (κ2) is 29.4. The quantitative estimate of drug-likeness (QED) is 0.0311. The van der Waals surface area contributed by atoms with Crippen molar-refractivity contribution in [2.24, 2.45) is 5.41 Å². The van der Waals surface area contributed by atoms with E-state index in [4.69, 9.17) is 10.5 Å². The van der Waals surface area contributed by atoms with Crippen molar-refractivity contribution in [3.63, 3.8) is 0 Å². The van der Waals surface area contributed by atoms with E-state index in [9.17, 15) is 57.9 Å². The summed E-state index contributed by atoms with van der Waals surface area (Å²) in [6, 6.07) is 0. The van der Waals surface area contributed by atoms with E-state index < -0.39 is 84.6 Å². The Balaban J connectivity index is -0.00000144. The van der Waals surface area contributed by atoms with E-state index in [1.807, 2.05) is 0 Å². The molecule has 1 aliphatic heterocycles. The number of nitrogens with one attached hydrogen (secondary N) is 2. The van der Waals surface area contributed by atoms with Crippen LogP contribution in [0.25, 0.3) is 11.2 Å². The number of carbonyl (C=O) groups excluding carboxylic acids is 3. The number of nitrogens with two attached hydrogens (primary N) is 1. The smallest absolute Gasteiger partial charge is 0.756 e. The van der Waals surface area contributed by atoms with Crippen molar-refractivity contribution in [1.29, 1.82) is 0 Å². The molecule has 15 N–H and O–H groups in total. The second-order valence-electron chi connectivity index (χ2n) is 11.7. The van der Waals surface area contributed by atoms with Gasteiger partial charge in [-0.25, -0.2) is 19.3 Å². The summed E-state index contributed by atoms with van der Waals surface area (Å²) in [6.07, 6.45) is -4.42. The number of phosphoric ester groups is 3. The fourth-order valence-electron chi connectivity index (χ4n) is 4.45. The number of nitrogens with zero attached hydrogens (tertiary/aromatic N) is 4. The Kier molecular flexibility index (Phi) is 33.3. The maximum Gasteiger partial charge on any atom is 1.00 e. The van der Waals surface area contributed by atoms with Crippen molar-refractivity contribution in [3.8, 4) is 0 Å². The van der Waals surface area contributed by atoms with Gasteiger partial charge in [-0.2, -0.15) is 0 Å². The molecule has 330 valence electrons. The molecule has 0 bridgehead atoms. The maximum absolute atomic E-state index is 12.5. The van der Waals surface area contributed by atoms with Gasteiger partial charge >= 0.3 is 56.6 Å². The predicted molar refractivity (Wildman–Crippen MR) is 190 cm³/mol. The zero-order valence-corrected chi connectivity index (χ0v) is 36.6. The van der Waals surface area contributed by atoms with Crippen LogP contribution in [0.3, 0.4) is 0 Å². The number of aromatic nitrogens is 4. The van der Waals surface area contributed by atoms with Crippen molar-refractivity contribution in [3.05, 3.63) is 24.8 Å². The zero-order chi connectivity index (χ0) is 39.8. The number of carbonyl (C=O) groups is 3. The molecule has 1 aliphatic rings. The third-order valence-corrected chi connectivity index (χ3v) is 10.9. The van der Waals surface area contributed by atoms with Gasteiger partial charge < -0.3 is 86.4 Å². The van der Waals surface area contributed by atoms with Gasteiger partial charge in [0.2, 0.25) is 16.9 Å². The van der Waals surface area contributed by atoms with Crippen LogP contribution in [0.15, 0.2) is 24.8 Å². The van der Waals surface area contributed by atoms with Crippen molar-refractivity contribution in [1.82, 2.24) is 30.2 Å². The molecule has 2 amide bonds. The fourth-order valence-corrected chi connectivity index (χ4v) is 7.83. The van der Waals surface area contributed by atoms with Gasteiger partial charge in [-0.05, 0) is 13.0 Å². The predicted octanol–water partition coefficient (Wildman–Crippen LogP) is -14.9. The minimum Gasteiger partial charge on any atom is -0.756 e. The van der Waals surface area contributed by atoms with E-state index >= 15 is 0 Å². The number of nitrogen functional groups attached to an aromatic ring is 1. The van der Waals surface area contributed by atoms with Crippen LogP contribution < -0.4 is 87.6 Å². The van der Waals surface area contributed by atoms with Crippen LogP contribution in [0.1, 0.15) is 33.4 Å². The molecule has 0 radical (unpaired) electrons. The standard InChI is InChI=1S/C25H40N7O17P3S.3Li.4H2O/c1-4-5-16(34)53-9-8-27-15(33)6-7-28-23(37)20(36)25(2,3)11-46-52(43,44)49-51(41,42)45-10-14-19(48-50(38,39)40)18(35)24(47-14)32-13-31-17-21(26)29-12-30-22(17)32;;;;;;;/h4-5,12-14,18-20,24,35-36H,6-11H2,1-3H3,(H,27,33)(H,28,37)(H,41,42)(H,43,44)(H2,26,29,30)(H2,38,39,40);;;;4*1H2/q;3*+1;;;;/p-3/b5-4+;;;;;;;/t14?,18-,19-,20+,24?;;;;;;;/m1......./s1. The summed E-state index contributed by atoms with van der Waals surface area (Å²) in [5.74, 6) is -1.22. The number of aliphatic hydroxyl groups excluding tert-OH is 2. The zero-order valence-electron chi connectivity index (χ0n) is 33.1. The minimum absolute atomic E-state index is 0. The van der Waals surface area contributed by atoms with E-state index in [2.05, 4.69) is 43.5 Å². The first kappa shape index (κ1) is 68.0. The van der Waals surface area contributed by atoms with Gasteiger partial charge in [0.15, 0.2) is 17.7 Å². The van der Waals surface area contributed by atoms with E-state index in [-0.39, 0.29) is 120 Å². The van der Waals surface area contributed by atoms with E-state index in [1.165, 1.54) is 19.9 Å². The SMILES string of the molecule is C/C=C/C(=O)SCCNC(=O)CCNC(=O)[C@H](O)C(C)(C)COP(=O)([O-])OP(=O)([O-])OCC1OC(n2cnc3c(N)ncnc32)[C@H](O)[C@@H]1OP(=O)([O-])O.O.O.O.O.[Li+].[Li+].[Li+]. The number of anilines is 1. The van der Waals surface area contributed by atoms with Crippen molar-refractivity contribution in [2.75, 3.05) is 37.8 Å². The minimum atomic E-state index is -5.89. The Labute approximate surface area is 382 Å². The Hall–Kier alpha value is -1.07. The van der Waals surface area contributed by atoms with Crippen LogP contribution in [0.4, 0.5) is 5.82 Å². The molecule has 0 spiro atoms. The van der Waals surface area contributed by atoms with E-state index in [0.29, 0.717) is 5.75 Å². The molecule has 3 heterocycles. The summed E-state index contributed by atoms with van der Waals surface area (Å²) in [5.41, 5.74) is 4.10. The average molecular weight is 925 g/mol. The number of fused-ring (bicyclic) bond motifs is 1. The van der Waals surface area contributed by atoms with E-state index in [1.54, 1.807) is 13.0 Å². The van der Waals surface area contributed by atoms with E-state index in [0.717, 1.165) is 29.0 Å². The number of imidazole rings is 1. The average Bonchev–Trinajstić information content (AvgIpc) is 3.61. The topological polar surface area (TPSA) is 498 Å². The summed E-state index contributed by atoms with van der Waals surface area (Å²) in [7, 11) is -17.3. The first-order chi connectivity index (χ1) is 24.6. The number of hydrogen-bond donors (Lipinski definition) is 6. The van der Waals surface area contributed by atoms with Crippen LogP contribution in [0, 0.1) is 5.41 Å². The van der Waals surface area contributed by atoms with Crippen molar-refractivity contribution >= 4 is 69.1 Å². The molecule has 5 unspecified atom stereocenters. The van der Waals surface area contributed by atoms with Crippen LogP contribution in [0.2, 0.25) is 0 Å². The molecular weight excluding hydrogens is 880 g/mol. The number of amides is 2. The molecule has 8 atom stereocenters. The van der Waals surface area contributed by atoms with Gasteiger partial charge in [-0.1, -0.05) is 31.7 Å². The molecule has 0 aliphatic carbocycles. The summed E-state index contributed by atoms with van der Waals surface area (Å²) < 4.78 is 60.6. The van der Waals surface area contributed by atoms with Gasteiger partial charge in [-0.3, -0.25) is 32.6 Å². The molecule has 60 heavy (non-hydrogen) atoms. The van der Waals surface area contributed by atoms with Gasteiger partial charge in [-0.15, -0.1) is 0 Å². The van der Waals surface area contributed by atoms with Crippen LogP contribution in [0.5, 0.6) is 0 Å². The second-order valence-corrected chi connectivity index (χ2v) is 16.9. The summed E-state index contributed by atoms with van der Waals surface area (Å²) in [6.45, 7) is 1.82. The number of phosphoric acid groups is 3. The summed E-state index contributed by atoms with van der Waals surface area (Å²) in [4.78, 5) is 93.1. The molecule has 0 saturated carbocycles. The largest absolute Gasteiger partial charge is 1.00 e. The summed E-state index contributed by atoms with van der Waals surface area (Å²) >= 11 is 0.998. The molecule has 35 heteroatoms. The monoisotopic (exact) mass is 925 g/mol. The molecular formula is C25H45Li3N7O21P3S. The summed E-state index contributed by atoms with van der Waals surface area (Å²) in [5, 5.41) is 25.9.